The van der Waals surface area contributed by atoms with Gasteiger partial charge in [-0.25, -0.2) is 4.98 Å². The number of hydrogen-bond acceptors (Lipinski definition) is 3. The van der Waals surface area contributed by atoms with Crippen LogP contribution in [0, 0.1) is 0 Å². The molecule has 15 heavy (non-hydrogen) atoms. The second-order valence-corrected chi connectivity index (χ2v) is 3.17. The molecule has 0 amide bonds. The molecule has 4 nitrogen and oxygen atoms in total. The van der Waals surface area contributed by atoms with Gasteiger partial charge < -0.3 is 0 Å². The molecule has 0 atom stereocenters. The zero-order valence-corrected chi connectivity index (χ0v) is 7.91. The standard InChI is InChI=1S/C11H8N4/c1-2-6-10-9(5-1)13-15(14-10)11-7-3-4-8-12-11/h1-8H. The molecule has 2 aromatic heterocycles. The van der Waals surface area contributed by atoms with Crippen LogP contribution in [0.2, 0.25) is 0 Å². The first kappa shape index (κ1) is 8.11. The zero-order valence-electron chi connectivity index (χ0n) is 7.91. The van der Waals surface area contributed by atoms with Crippen molar-refractivity contribution in [2.24, 2.45) is 0 Å². The lowest BCUT2D eigenvalue weighted by Crippen LogP contribution is -2.00. The van der Waals surface area contributed by atoms with E-state index in [9.17, 15) is 0 Å². The van der Waals surface area contributed by atoms with Crippen molar-refractivity contribution in [2.75, 3.05) is 0 Å². The van der Waals surface area contributed by atoms with Crippen molar-refractivity contribution in [3.8, 4) is 5.82 Å². The maximum absolute atomic E-state index is 4.33. The highest BCUT2D eigenvalue weighted by Crippen LogP contribution is 2.09. The maximum Gasteiger partial charge on any atom is 0.174 e. The Hall–Kier alpha value is -2.23. The molecular formula is C11H8N4. The zero-order chi connectivity index (χ0) is 10.1. The van der Waals surface area contributed by atoms with Crippen LogP contribution < -0.4 is 0 Å². The monoisotopic (exact) mass is 196 g/mol. The van der Waals surface area contributed by atoms with Crippen molar-refractivity contribution < 1.29 is 0 Å². The molecule has 0 aliphatic rings. The second-order valence-electron chi connectivity index (χ2n) is 3.17. The highest BCUT2D eigenvalue weighted by molar-refractivity contribution is 5.73. The molecule has 0 unspecified atom stereocenters. The molecule has 0 aliphatic carbocycles. The molecule has 0 bridgehead atoms. The van der Waals surface area contributed by atoms with Crippen LogP contribution in [0.4, 0.5) is 0 Å². The van der Waals surface area contributed by atoms with Gasteiger partial charge in [-0.2, -0.15) is 0 Å². The van der Waals surface area contributed by atoms with Crippen LogP contribution in [-0.4, -0.2) is 20.0 Å². The predicted molar refractivity (Wildman–Crippen MR) is 56.7 cm³/mol. The van der Waals surface area contributed by atoms with Gasteiger partial charge in [-0.15, -0.1) is 15.0 Å². The number of fused-ring (bicyclic) bond motifs is 1. The highest BCUT2D eigenvalue weighted by Gasteiger charge is 2.02. The van der Waals surface area contributed by atoms with E-state index in [1.807, 2.05) is 42.5 Å². The van der Waals surface area contributed by atoms with Crippen LogP contribution in [-0.2, 0) is 0 Å². The summed E-state index contributed by atoms with van der Waals surface area (Å²) in [5.74, 6) is 0.730. The lowest BCUT2D eigenvalue weighted by Gasteiger charge is -1.94. The summed E-state index contributed by atoms with van der Waals surface area (Å²) in [5, 5.41) is 8.65. The minimum absolute atomic E-state index is 0.730. The van der Waals surface area contributed by atoms with Crippen LogP contribution in [0.1, 0.15) is 0 Å². The number of benzene rings is 1. The van der Waals surface area contributed by atoms with Crippen molar-refractivity contribution in [1.82, 2.24) is 20.0 Å². The first-order valence-electron chi connectivity index (χ1n) is 4.67. The first-order chi connectivity index (χ1) is 7.43. The summed E-state index contributed by atoms with van der Waals surface area (Å²) in [6.07, 6.45) is 1.73. The minimum atomic E-state index is 0.730. The van der Waals surface area contributed by atoms with Crippen molar-refractivity contribution in [3.05, 3.63) is 48.7 Å². The van der Waals surface area contributed by atoms with E-state index in [2.05, 4.69) is 15.2 Å². The van der Waals surface area contributed by atoms with Crippen molar-refractivity contribution in [3.63, 3.8) is 0 Å². The summed E-state index contributed by atoms with van der Waals surface area (Å²) in [6.45, 7) is 0. The first-order valence-corrected chi connectivity index (χ1v) is 4.67. The lowest BCUT2D eigenvalue weighted by atomic mass is 10.3. The number of rotatable bonds is 1. The van der Waals surface area contributed by atoms with Crippen LogP contribution >= 0.6 is 0 Å². The number of hydrogen-bond donors (Lipinski definition) is 0. The van der Waals surface area contributed by atoms with Gasteiger partial charge in [0, 0.05) is 6.20 Å². The van der Waals surface area contributed by atoms with Crippen LogP contribution in [0.3, 0.4) is 0 Å². The summed E-state index contributed by atoms with van der Waals surface area (Å²) in [6, 6.07) is 13.4. The van der Waals surface area contributed by atoms with Gasteiger partial charge in [-0.05, 0) is 24.3 Å². The van der Waals surface area contributed by atoms with Gasteiger partial charge in [0.15, 0.2) is 5.82 Å². The molecule has 0 spiro atoms. The number of aromatic nitrogens is 4. The second kappa shape index (κ2) is 3.16. The Labute approximate surface area is 86.2 Å². The van der Waals surface area contributed by atoms with Gasteiger partial charge in [0.05, 0.1) is 0 Å². The minimum Gasteiger partial charge on any atom is -0.236 e. The molecule has 1 aromatic carbocycles. The normalized spacial score (nSPS) is 10.7. The van der Waals surface area contributed by atoms with Crippen molar-refractivity contribution >= 4 is 11.0 Å². The summed E-state index contributed by atoms with van der Waals surface area (Å²) in [5.41, 5.74) is 1.76. The third kappa shape index (κ3) is 1.36. The summed E-state index contributed by atoms with van der Waals surface area (Å²) < 4.78 is 0. The molecule has 0 N–H and O–H groups in total. The molecule has 3 rings (SSSR count). The van der Waals surface area contributed by atoms with Gasteiger partial charge in [0.25, 0.3) is 0 Å². The molecule has 72 valence electrons. The topological polar surface area (TPSA) is 43.6 Å². The van der Waals surface area contributed by atoms with E-state index in [4.69, 9.17) is 0 Å². The third-order valence-electron chi connectivity index (χ3n) is 2.14. The molecule has 2 heterocycles. The summed E-state index contributed by atoms with van der Waals surface area (Å²) in [7, 11) is 0. The van der Waals surface area contributed by atoms with E-state index in [1.54, 1.807) is 11.0 Å². The Kier molecular flexibility index (Phi) is 1.71. The van der Waals surface area contributed by atoms with Gasteiger partial charge in [0.2, 0.25) is 0 Å². The molecule has 0 saturated heterocycles. The Morgan fingerprint density at radius 1 is 0.800 bits per heavy atom. The number of pyridine rings is 1. The fourth-order valence-electron chi connectivity index (χ4n) is 1.43. The Bertz CT molecular complexity index is 553. The van der Waals surface area contributed by atoms with Gasteiger partial charge >= 0.3 is 0 Å². The quantitative estimate of drug-likeness (QED) is 0.596. The smallest absolute Gasteiger partial charge is 0.174 e. The average molecular weight is 196 g/mol. The molecule has 0 fully saturated rings. The Balaban J connectivity index is 2.21. The SMILES string of the molecule is c1ccc(-n2nc3ccccc3n2)nc1. The van der Waals surface area contributed by atoms with Gasteiger partial charge in [0.1, 0.15) is 11.0 Å². The molecule has 3 aromatic rings. The van der Waals surface area contributed by atoms with Crippen molar-refractivity contribution in [1.29, 1.82) is 0 Å². The van der Waals surface area contributed by atoms with Gasteiger partial charge in [-0.1, -0.05) is 18.2 Å². The largest absolute Gasteiger partial charge is 0.236 e. The van der Waals surface area contributed by atoms with Crippen LogP contribution in [0.15, 0.2) is 48.7 Å². The van der Waals surface area contributed by atoms with Gasteiger partial charge in [-0.3, -0.25) is 0 Å². The third-order valence-corrected chi connectivity index (χ3v) is 2.14. The average Bonchev–Trinajstić information content (AvgIpc) is 2.74. The van der Waals surface area contributed by atoms with E-state index < -0.39 is 0 Å². The summed E-state index contributed by atoms with van der Waals surface area (Å²) >= 11 is 0. The van der Waals surface area contributed by atoms with E-state index in [1.165, 1.54) is 0 Å². The highest BCUT2D eigenvalue weighted by atomic mass is 15.5. The Morgan fingerprint density at radius 3 is 2.07 bits per heavy atom. The molecule has 4 heteroatoms. The van der Waals surface area contributed by atoms with Crippen LogP contribution in [0.25, 0.3) is 16.9 Å². The predicted octanol–water partition coefficient (Wildman–Crippen LogP) is 1.82. The fraction of sp³-hybridized carbons (Fsp3) is 0. The molecule has 0 aliphatic heterocycles. The van der Waals surface area contributed by atoms with E-state index in [-0.39, 0.29) is 0 Å². The van der Waals surface area contributed by atoms with E-state index in [0.717, 1.165) is 16.9 Å². The molecular weight excluding hydrogens is 188 g/mol. The molecule has 0 radical (unpaired) electrons. The van der Waals surface area contributed by atoms with E-state index >= 15 is 0 Å². The lowest BCUT2D eigenvalue weighted by molar-refractivity contribution is 0.742. The molecule has 0 saturated carbocycles. The maximum atomic E-state index is 4.33. The summed E-state index contributed by atoms with van der Waals surface area (Å²) in [4.78, 5) is 5.73. The fourth-order valence-corrected chi connectivity index (χ4v) is 1.43. The van der Waals surface area contributed by atoms with Crippen LogP contribution in [0.5, 0.6) is 0 Å². The number of nitrogens with zero attached hydrogens (tertiary/aromatic N) is 4. The Morgan fingerprint density at radius 2 is 1.47 bits per heavy atom. The van der Waals surface area contributed by atoms with E-state index in [0.29, 0.717) is 0 Å². The van der Waals surface area contributed by atoms with Crippen molar-refractivity contribution in [2.45, 2.75) is 0 Å².